The van der Waals surface area contributed by atoms with Crippen LogP contribution in [0.2, 0.25) is 0 Å². The van der Waals surface area contributed by atoms with Gasteiger partial charge in [0.05, 0.1) is 5.75 Å². The Balaban J connectivity index is 1.73. The van der Waals surface area contributed by atoms with Crippen molar-refractivity contribution in [3.05, 3.63) is 35.4 Å². The minimum atomic E-state index is -3.31. The van der Waals surface area contributed by atoms with E-state index in [4.69, 9.17) is 0 Å². The van der Waals surface area contributed by atoms with Crippen LogP contribution in [0.1, 0.15) is 50.7 Å². The van der Waals surface area contributed by atoms with E-state index in [1.807, 2.05) is 12.1 Å². The highest BCUT2D eigenvalue weighted by molar-refractivity contribution is 7.88. The summed E-state index contributed by atoms with van der Waals surface area (Å²) < 4.78 is 26.5. The maximum Gasteiger partial charge on any atom is 0.220 e. The molecule has 1 amide bonds. The van der Waals surface area contributed by atoms with Crippen molar-refractivity contribution >= 4 is 15.9 Å². The van der Waals surface area contributed by atoms with Crippen molar-refractivity contribution in [1.29, 1.82) is 0 Å². The van der Waals surface area contributed by atoms with Crippen molar-refractivity contribution in [3.8, 4) is 0 Å². The van der Waals surface area contributed by atoms with E-state index in [0.717, 1.165) is 43.5 Å². The Labute approximate surface area is 157 Å². The SMILES string of the molecule is CC(C)NS(=O)(=O)Cc1ccc(CNC(=O)CCC2CCNCC2)cc1. The van der Waals surface area contributed by atoms with Crippen molar-refractivity contribution in [1.82, 2.24) is 15.4 Å². The summed E-state index contributed by atoms with van der Waals surface area (Å²) in [5, 5.41) is 6.28. The molecule has 1 aliphatic rings. The number of hydrogen-bond donors (Lipinski definition) is 3. The number of piperidine rings is 1. The molecule has 146 valence electrons. The Bertz CT molecular complexity index is 666. The molecule has 0 aliphatic carbocycles. The van der Waals surface area contributed by atoms with Crippen LogP contribution >= 0.6 is 0 Å². The van der Waals surface area contributed by atoms with Crippen molar-refractivity contribution in [2.45, 2.75) is 57.9 Å². The first kappa shape index (κ1) is 20.9. The minimum Gasteiger partial charge on any atom is -0.352 e. The number of carbonyl (C=O) groups excluding carboxylic acids is 1. The average Bonchev–Trinajstić information content (AvgIpc) is 2.59. The molecule has 7 heteroatoms. The lowest BCUT2D eigenvalue weighted by molar-refractivity contribution is -0.121. The highest BCUT2D eigenvalue weighted by atomic mass is 32.2. The van der Waals surface area contributed by atoms with E-state index >= 15 is 0 Å². The van der Waals surface area contributed by atoms with E-state index in [1.165, 1.54) is 0 Å². The van der Waals surface area contributed by atoms with Gasteiger partial charge < -0.3 is 10.6 Å². The molecular weight excluding hydrogens is 350 g/mol. The first-order chi connectivity index (χ1) is 12.3. The smallest absolute Gasteiger partial charge is 0.220 e. The summed E-state index contributed by atoms with van der Waals surface area (Å²) in [5.74, 6) is 0.702. The first-order valence-electron chi connectivity index (χ1n) is 9.39. The molecule has 0 saturated carbocycles. The molecule has 1 saturated heterocycles. The van der Waals surface area contributed by atoms with Crippen LogP contribution in [-0.4, -0.2) is 33.5 Å². The molecular formula is C19H31N3O3S. The summed E-state index contributed by atoms with van der Waals surface area (Å²) in [6.45, 7) is 6.19. The molecule has 0 atom stereocenters. The number of sulfonamides is 1. The first-order valence-corrected chi connectivity index (χ1v) is 11.0. The summed E-state index contributed by atoms with van der Waals surface area (Å²) >= 11 is 0. The normalized spacial score (nSPS) is 16.0. The predicted octanol–water partition coefficient (Wildman–Crippen LogP) is 1.91. The largest absolute Gasteiger partial charge is 0.352 e. The van der Waals surface area contributed by atoms with Crippen molar-refractivity contribution in [2.24, 2.45) is 5.92 Å². The van der Waals surface area contributed by atoms with E-state index in [1.54, 1.807) is 26.0 Å². The molecule has 0 aromatic heterocycles. The predicted molar refractivity (Wildman–Crippen MR) is 104 cm³/mol. The lowest BCUT2D eigenvalue weighted by Crippen LogP contribution is -2.31. The van der Waals surface area contributed by atoms with Gasteiger partial charge in [-0.15, -0.1) is 0 Å². The monoisotopic (exact) mass is 381 g/mol. The number of rotatable bonds is 9. The van der Waals surface area contributed by atoms with Gasteiger partial charge in [-0.25, -0.2) is 13.1 Å². The fourth-order valence-corrected chi connectivity index (χ4v) is 4.60. The van der Waals surface area contributed by atoms with Crippen molar-refractivity contribution in [2.75, 3.05) is 13.1 Å². The number of nitrogens with one attached hydrogen (secondary N) is 3. The summed E-state index contributed by atoms with van der Waals surface area (Å²) in [4.78, 5) is 12.0. The fraction of sp³-hybridized carbons (Fsp3) is 0.632. The molecule has 0 bridgehead atoms. The van der Waals surface area contributed by atoms with Crippen LogP contribution < -0.4 is 15.4 Å². The van der Waals surface area contributed by atoms with E-state index in [2.05, 4.69) is 15.4 Å². The molecule has 1 aromatic carbocycles. The fourth-order valence-electron chi connectivity index (χ4n) is 3.17. The molecule has 1 heterocycles. The van der Waals surface area contributed by atoms with E-state index in [-0.39, 0.29) is 17.7 Å². The number of hydrogen-bond acceptors (Lipinski definition) is 4. The molecule has 3 N–H and O–H groups in total. The minimum absolute atomic E-state index is 0.0337. The zero-order valence-electron chi connectivity index (χ0n) is 15.8. The van der Waals surface area contributed by atoms with Crippen LogP contribution in [0.5, 0.6) is 0 Å². The van der Waals surface area contributed by atoms with Gasteiger partial charge >= 0.3 is 0 Å². The zero-order valence-corrected chi connectivity index (χ0v) is 16.6. The third kappa shape index (κ3) is 7.85. The topological polar surface area (TPSA) is 87.3 Å². The van der Waals surface area contributed by atoms with Crippen molar-refractivity contribution < 1.29 is 13.2 Å². The van der Waals surface area contributed by atoms with Gasteiger partial charge in [0.2, 0.25) is 15.9 Å². The highest BCUT2D eigenvalue weighted by Gasteiger charge is 2.15. The summed E-state index contributed by atoms with van der Waals surface area (Å²) in [6.07, 6.45) is 3.83. The van der Waals surface area contributed by atoms with Gasteiger partial charge in [-0.1, -0.05) is 24.3 Å². The average molecular weight is 382 g/mol. The van der Waals surface area contributed by atoms with Crippen LogP contribution in [-0.2, 0) is 27.1 Å². The summed E-state index contributed by atoms with van der Waals surface area (Å²) in [6, 6.07) is 7.23. The molecule has 26 heavy (non-hydrogen) atoms. The van der Waals surface area contributed by atoms with Gasteiger partial charge in [-0.05, 0) is 63.2 Å². The van der Waals surface area contributed by atoms with E-state index in [0.29, 0.717) is 18.9 Å². The quantitative estimate of drug-likeness (QED) is 0.610. The molecule has 0 radical (unpaired) electrons. The van der Waals surface area contributed by atoms with Gasteiger partial charge in [0.25, 0.3) is 0 Å². The summed E-state index contributed by atoms with van der Waals surface area (Å²) in [5.41, 5.74) is 1.71. The van der Waals surface area contributed by atoms with Gasteiger partial charge in [0.1, 0.15) is 0 Å². The van der Waals surface area contributed by atoms with Crippen LogP contribution in [0, 0.1) is 5.92 Å². The Morgan fingerprint density at radius 1 is 1.15 bits per heavy atom. The van der Waals surface area contributed by atoms with Crippen LogP contribution in [0.3, 0.4) is 0 Å². The highest BCUT2D eigenvalue weighted by Crippen LogP contribution is 2.17. The number of benzene rings is 1. The van der Waals surface area contributed by atoms with E-state index < -0.39 is 10.0 Å². The molecule has 1 aromatic rings. The molecule has 2 rings (SSSR count). The second-order valence-electron chi connectivity index (χ2n) is 7.36. The third-order valence-electron chi connectivity index (χ3n) is 4.52. The molecule has 6 nitrogen and oxygen atoms in total. The maximum atomic E-state index is 12.0. The van der Waals surface area contributed by atoms with E-state index in [9.17, 15) is 13.2 Å². The number of carbonyl (C=O) groups is 1. The lowest BCUT2D eigenvalue weighted by Gasteiger charge is -2.22. The molecule has 0 unspecified atom stereocenters. The van der Waals surface area contributed by atoms with Crippen LogP contribution in [0.4, 0.5) is 0 Å². The summed E-state index contributed by atoms with van der Waals surface area (Å²) in [7, 11) is -3.31. The molecule has 1 fully saturated rings. The van der Waals surface area contributed by atoms with Gasteiger partial charge in [0, 0.05) is 19.0 Å². The third-order valence-corrected chi connectivity index (χ3v) is 6.07. The Morgan fingerprint density at radius 3 is 2.38 bits per heavy atom. The van der Waals surface area contributed by atoms with Gasteiger partial charge in [0.15, 0.2) is 0 Å². The second kappa shape index (κ2) is 10.0. The standard InChI is InChI=1S/C19H31N3O3S/c1-15(2)22-26(24,25)14-18-5-3-17(4-6-18)13-21-19(23)8-7-16-9-11-20-12-10-16/h3-6,15-16,20,22H,7-14H2,1-2H3,(H,21,23). The Hall–Kier alpha value is -1.44. The van der Waals surface area contributed by atoms with Crippen LogP contribution in [0.15, 0.2) is 24.3 Å². The lowest BCUT2D eigenvalue weighted by atomic mass is 9.93. The second-order valence-corrected chi connectivity index (χ2v) is 9.11. The van der Waals surface area contributed by atoms with Gasteiger partial charge in [-0.3, -0.25) is 4.79 Å². The molecule has 1 aliphatic heterocycles. The van der Waals surface area contributed by atoms with Crippen LogP contribution in [0.25, 0.3) is 0 Å². The number of amides is 1. The maximum absolute atomic E-state index is 12.0. The Morgan fingerprint density at radius 2 is 1.77 bits per heavy atom. The van der Waals surface area contributed by atoms with Gasteiger partial charge in [-0.2, -0.15) is 0 Å². The zero-order chi connectivity index (χ0) is 19.0. The van der Waals surface area contributed by atoms with Crippen molar-refractivity contribution in [3.63, 3.8) is 0 Å². The molecule has 0 spiro atoms. The Kier molecular flexibility index (Phi) is 8.06.